The second kappa shape index (κ2) is 6.97. The first-order valence-electron chi connectivity index (χ1n) is 8.10. The Balaban J connectivity index is 1.98. The van der Waals surface area contributed by atoms with Gasteiger partial charge in [0.25, 0.3) is 0 Å². The first-order chi connectivity index (χ1) is 9.99. The number of anilines is 1. The number of likely N-dealkylation sites (tertiary alicyclic amines) is 1. The van der Waals surface area contributed by atoms with E-state index in [1.807, 2.05) is 4.90 Å². The van der Waals surface area contributed by atoms with Gasteiger partial charge in [0.05, 0.1) is 6.54 Å². The molecule has 116 valence electrons. The normalized spacial score (nSPS) is 16.3. The van der Waals surface area contributed by atoms with Crippen molar-refractivity contribution in [2.45, 2.75) is 46.5 Å². The number of rotatable bonds is 4. The average Bonchev–Trinajstić information content (AvgIpc) is 2.46. The fraction of sp³-hybridized carbons (Fsp3) is 0.611. The van der Waals surface area contributed by atoms with Gasteiger partial charge in [-0.3, -0.25) is 4.79 Å². The fourth-order valence-corrected chi connectivity index (χ4v) is 2.95. The van der Waals surface area contributed by atoms with E-state index in [-0.39, 0.29) is 5.91 Å². The predicted octanol–water partition coefficient (Wildman–Crippen LogP) is 3.79. The van der Waals surface area contributed by atoms with Crippen LogP contribution in [0.5, 0.6) is 0 Å². The standard InChI is InChI=1S/C18H28N2O/c1-13(2)16-7-5-6-15(4)18(16)19-12-17(21)20-10-8-14(3)9-11-20/h5-7,13-14,19H,8-12H2,1-4H3. The van der Waals surface area contributed by atoms with Crippen LogP contribution in [0.3, 0.4) is 0 Å². The van der Waals surface area contributed by atoms with Crippen molar-refractivity contribution in [3.8, 4) is 0 Å². The van der Waals surface area contributed by atoms with Crippen LogP contribution in [-0.2, 0) is 4.79 Å². The van der Waals surface area contributed by atoms with Crippen LogP contribution in [0.1, 0.15) is 50.7 Å². The van der Waals surface area contributed by atoms with Crippen LogP contribution in [-0.4, -0.2) is 30.4 Å². The lowest BCUT2D eigenvalue weighted by atomic mass is 9.98. The molecular weight excluding hydrogens is 260 g/mol. The van der Waals surface area contributed by atoms with Gasteiger partial charge >= 0.3 is 0 Å². The molecule has 2 rings (SSSR count). The van der Waals surface area contributed by atoms with E-state index in [1.54, 1.807) is 0 Å². The number of carbonyl (C=O) groups is 1. The summed E-state index contributed by atoms with van der Waals surface area (Å²) in [5.41, 5.74) is 3.63. The molecule has 1 aliphatic heterocycles. The summed E-state index contributed by atoms with van der Waals surface area (Å²) in [6.45, 7) is 11.0. The van der Waals surface area contributed by atoms with E-state index in [0.717, 1.165) is 37.5 Å². The molecule has 21 heavy (non-hydrogen) atoms. The van der Waals surface area contributed by atoms with E-state index in [9.17, 15) is 4.79 Å². The third-order valence-electron chi connectivity index (χ3n) is 4.48. The highest BCUT2D eigenvalue weighted by molar-refractivity contribution is 5.81. The minimum Gasteiger partial charge on any atom is -0.376 e. The Morgan fingerprint density at radius 3 is 2.62 bits per heavy atom. The summed E-state index contributed by atoms with van der Waals surface area (Å²) in [5.74, 6) is 1.43. The number of amides is 1. The number of benzene rings is 1. The molecule has 0 aliphatic carbocycles. The molecule has 0 spiro atoms. The first-order valence-corrected chi connectivity index (χ1v) is 8.10. The smallest absolute Gasteiger partial charge is 0.241 e. The Hall–Kier alpha value is -1.51. The van der Waals surface area contributed by atoms with Gasteiger partial charge in [0.15, 0.2) is 0 Å². The van der Waals surface area contributed by atoms with E-state index in [1.165, 1.54) is 11.1 Å². The molecule has 1 fully saturated rings. The number of nitrogens with zero attached hydrogens (tertiary/aromatic N) is 1. The van der Waals surface area contributed by atoms with Crippen molar-refractivity contribution >= 4 is 11.6 Å². The van der Waals surface area contributed by atoms with Crippen molar-refractivity contribution in [3.63, 3.8) is 0 Å². The SMILES string of the molecule is Cc1cccc(C(C)C)c1NCC(=O)N1CCC(C)CC1. The lowest BCUT2D eigenvalue weighted by molar-refractivity contribution is -0.130. The van der Waals surface area contributed by atoms with Crippen LogP contribution < -0.4 is 5.32 Å². The Labute approximate surface area is 128 Å². The number of hydrogen-bond acceptors (Lipinski definition) is 2. The Morgan fingerprint density at radius 1 is 1.33 bits per heavy atom. The van der Waals surface area contributed by atoms with Crippen LogP contribution in [0.15, 0.2) is 18.2 Å². The third kappa shape index (κ3) is 3.99. The summed E-state index contributed by atoms with van der Waals surface area (Å²) in [7, 11) is 0. The quantitative estimate of drug-likeness (QED) is 0.914. The first kappa shape index (κ1) is 15.9. The molecule has 1 aromatic carbocycles. The topological polar surface area (TPSA) is 32.3 Å². The highest BCUT2D eigenvalue weighted by atomic mass is 16.2. The zero-order chi connectivity index (χ0) is 15.4. The minimum absolute atomic E-state index is 0.222. The van der Waals surface area contributed by atoms with Crippen molar-refractivity contribution in [1.29, 1.82) is 0 Å². The van der Waals surface area contributed by atoms with Crippen LogP contribution in [0.4, 0.5) is 5.69 Å². The maximum Gasteiger partial charge on any atom is 0.241 e. The number of piperidine rings is 1. The largest absolute Gasteiger partial charge is 0.376 e. The minimum atomic E-state index is 0.222. The molecule has 0 bridgehead atoms. The van der Waals surface area contributed by atoms with Gasteiger partial charge in [0.1, 0.15) is 0 Å². The van der Waals surface area contributed by atoms with Gasteiger partial charge in [0, 0.05) is 18.8 Å². The molecule has 1 N–H and O–H groups in total. The highest BCUT2D eigenvalue weighted by Crippen LogP contribution is 2.27. The number of carbonyl (C=O) groups excluding carboxylic acids is 1. The summed E-state index contributed by atoms with van der Waals surface area (Å²) in [6, 6.07) is 6.33. The summed E-state index contributed by atoms with van der Waals surface area (Å²) in [4.78, 5) is 14.3. The molecule has 1 aromatic rings. The van der Waals surface area contributed by atoms with Crippen LogP contribution in [0.25, 0.3) is 0 Å². The monoisotopic (exact) mass is 288 g/mol. The molecule has 3 nitrogen and oxygen atoms in total. The molecule has 1 amide bonds. The second-order valence-electron chi connectivity index (χ2n) is 6.61. The van der Waals surface area contributed by atoms with Gasteiger partial charge in [0.2, 0.25) is 5.91 Å². The highest BCUT2D eigenvalue weighted by Gasteiger charge is 2.20. The van der Waals surface area contributed by atoms with Gasteiger partial charge < -0.3 is 10.2 Å². The fourth-order valence-electron chi connectivity index (χ4n) is 2.95. The molecular formula is C18H28N2O. The lowest BCUT2D eigenvalue weighted by Crippen LogP contribution is -2.41. The van der Waals surface area contributed by atoms with Gasteiger partial charge in [-0.15, -0.1) is 0 Å². The van der Waals surface area contributed by atoms with Crippen molar-refractivity contribution < 1.29 is 4.79 Å². The van der Waals surface area contributed by atoms with E-state index in [0.29, 0.717) is 12.5 Å². The lowest BCUT2D eigenvalue weighted by Gasteiger charge is -2.30. The summed E-state index contributed by atoms with van der Waals surface area (Å²) in [5, 5.41) is 3.38. The summed E-state index contributed by atoms with van der Waals surface area (Å²) in [6.07, 6.45) is 2.26. The maximum absolute atomic E-state index is 12.3. The molecule has 0 aromatic heterocycles. The zero-order valence-electron chi connectivity index (χ0n) is 13.8. The second-order valence-corrected chi connectivity index (χ2v) is 6.61. The van der Waals surface area contributed by atoms with Crippen molar-refractivity contribution in [2.75, 3.05) is 25.0 Å². The zero-order valence-corrected chi connectivity index (χ0v) is 13.8. The maximum atomic E-state index is 12.3. The predicted molar refractivity (Wildman–Crippen MR) is 88.7 cm³/mol. The number of hydrogen-bond donors (Lipinski definition) is 1. The Kier molecular flexibility index (Phi) is 5.27. The molecule has 0 atom stereocenters. The van der Waals surface area contributed by atoms with Crippen molar-refractivity contribution in [1.82, 2.24) is 4.90 Å². The number of nitrogens with one attached hydrogen (secondary N) is 1. The Morgan fingerprint density at radius 2 is 2.00 bits per heavy atom. The van der Waals surface area contributed by atoms with Crippen LogP contribution >= 0.6 is 0 Å². The molecule has 1 saturated heterocycles. The molecule has 0 radical (unpaired) electrons. The molecule has 0 unspecified atom stereocenters. The average molecular weight is 288 g/mol. The van der Waals surface area contributed by atoms with E-state index < -0.39 is 0 Å². The molecule has 3 heteroatoms. The van der Waals surface area contributed by atoms with Crippen LogP contribution in [0, 0.1) is 12.8 Å². The molecule has 0 saturated carbocycles. The molecule has 1 heterocycles. The van der Waals surface area contributed by atoms with Crippen molar-refractivity contribution in [2.24, 2.45) is 5.92 Å². The van der Waals surface area contributed by atoms with E-state index >= 15 is 0 Å². The van der Waals surface area contributed by atoms with E-state index in [2.05, 4.69) is 51.2 Å². The van der Waals surface area contributed by atoms with Crippen LogP contribution in [0.2, 0.25) is 0 Å². The van der Waals surface area contributed by atoms with Gasteiger partial charge in [-0.1, -0.05) is 39.0 Å². The molecule has 1 aliphatic rings. The van der Waals surface area contributed by atoms with Crippen molar-refractivity contribution in [3.05, 3.63) is 29.3 Å². The van der Waals surface area contributed by atoms with Gasteiger partial charge in [-0.25, -0.2) is 0 Å². The summed E-state index contributed by atoms with van der Waals surface area (Å²) >= 11 is 0. The van der Waals surface area contributed by atoms with Gasteiger partial charge in [-0.05, 0) is 42.7 Å². The Bertz CT molecular complexity index is 488. The summed E-state index contributed by atoms with van der Waals surface area (Å²) < 4.78 is 0. The number of aryl methyl sites for hydroxylation is 1. The third-order valence-corrected chi connectivity index (χ3v) is 4.48. The van der Waals surface area contributed by atoms with E-state index in [4.69, 9.17) is 0 Å². The van der Waals surface area contributed by atoms with Gasteiger partial charge in [-0.2, -0.15) is 0 Å². The number of para-hydroxylation sites is 1.